The SMILES string of the molecule is C=Cc1ccc(-c2ccc(C(=O)NCCCC(=O)O)cc2C(=O)O)c(C(=O)Nc2ccc(C(=N)N)cc2)c1. The summed E-state index contributed by atoms with van der Waals surface area (Å²) in [6, 6.07) is 15.4. The van der Waals surface area contributed by atoms with Gasteiger partial charge >= 0.3 is 11.9 Å². The third-order valence-corrected chi connectivity index (χ3v) is 5.63. The average Bonchev–Trinajstić information content (AvgIpc) is 2.90. The maximum Gasteiger partial charge on any atom is 0.336 e. The van der Waals surface area contributed by atoms with Crippen molar-refractivity contribution in [3.05, 3.63) is 95.1 Å². The molecule has 0 saturated carbocycles. The zero-order valence-electron chi connectivity index (χ0n) is 20.3. The molecule has 0 aliphatic heterocycles. The average molecular weight is 515 g/mol. The first-order valence-electron chi connectivity index (χ1n) is 11.5. The summed E-state index contributed by atoms with van der Waals surface area (Å²) in [5.41, 5.74) is 7.70. The van der Waals surface area contributed by atoms with Crippen molar-refractivity contribution < 1.29 is 29.4 Å². The lowest BCUT2D eigenvalue weighted by molar-refractivity contribution is -0.137. The zero-order valence-corrected chi connectivity index (χ0v) is 20.3. The van der Waals surface area contributed by atoms with Crippen LogP contribution in [0.2, 0.25) is 0 Å². The summed E-state index contributed by atoms with van der Waals surface area (Å²) in [7, 11) is 0. The predicted octanol–water partition coefficient (Wildman–Crippen LogP) is 3.83. The van der Waals surface area contributed by atoms with Crippen molar-refractivity contribution in [2.75, 3.05) is 11.9 Å². The quantitative estimate of drug-likeness (QED) is 0.128. The van der Waals surface area contributed by atoms with Crippen LogP contribution in [0.25, 0.3) is 17.2 Å². The molecule has 0 radical (unpaired) electrons. The van der Waals surface area contributed by atoms with E-state index in [1.807, 2.05) is 0 Å². The zero-order chi connectivity index (χ0) is 27.8. The molecule has 3 rings (SSSR count). The molecule has 0 aliphatic carbocycles. The van der Waals surface area contributed by atoms with Crippen LogP contribution in [-0.4, -0.2) is 46.3 Å². The number of hydrogen-bond acceptors (Lipinski definition) is 5. The number of hydrogen-bond donors (Lipinski definition) is 6. The van der Waals surface area contributed by atoms with Crippen molar-refractivity contribution in [1.29, 1.82) is 5.41 Å². The van der Waals surface area contributed by atoms with Crippen LogP contribution in [0.1, 0.15) is 55.0 Å². The van der Waals surface area contributed by atoms with E-state index in [4.69, 9.17) is 16.2 Å². The second-order valence-electron chi connectivity index (χ2n) is 8.27. The largest absolute Gasteiger partial charge is 0.481 e. The van der Waals surface area contributed by atoms with Gasteiger partial charge in [-0.05, 0) is 65.6 Å². The van der Waals surface area contributed by atoms with Crippen molar-refractivity contribution in [3.8, 4) is 11.1 Å². The lowest BCUT2D eigenvalue weighted by atomic mass is 9.92. The molecule has 3 aromatic rings. The number of carbonyl (C=O) groups is 4. The highest BCUT2D eigenvalue weighted by Crippen LogP contribution is 2.30. The summed E-state index contributed by atoms with van der Waals surface area (Å²) in [5, 5.41) is 31.4. The van der Waals surface area contributed by atoms with Crippen LogP contribution in [0.3, 0.4) is 0 Å². The van der Waals surface area contributed by atoms with E-state index in [1.165, 1.54) is 18.2 Å². The lowest BCUT2D eigenvalue weighted by Crippen LogP contribution is -2.25. The molecule has 7 N–H and O–H groups in total. The van der Waals surface area contributed by atoms with Crippen LogP contribution in [-0.2, 0) is 4.79 Å². The van der Waals surface area contributed by atoms with Gasteiger partial charge in [-0.2, -0.15) is 0 Å². The van der Waals surface area contributed by atoms with Gasteiger partial charge in [0, 0.05) is 35.3 Å². The number of aromatic carboxylic acids is 1. The summed E-state index contributed by atoms with van der Waals surface area (Å²) in [6.45, 7) is 3.85. The van der Waals surface area contributed by atoms with Crippen LogP contribution in [0, 0.1) is 5.41 Å². The van der Waals surface area contributed by atoms with Gasteiger partial charge in [-0.25, -0.2) is 4.79 Å². The van der Waals surface area contributed by atoms with Gasteiger partial charge < -0.3 is 26.6 Å². The van der Waals surface area contributed by atoms with Gasteiger partial charge in [0.1, 0.15) is 5.84 Å². The Hall–Kier alpha value is -5.25. The number of carboxylic acid groups (broad SMARTS) is 2. The molecule has 0 aromatic heterocycles. The molecule has 38 heavy (non-hydrogen) atoms. The summed E-state index contributed by atoms with van der Waals surface area (Å²) in [4.78, 5) is 48.6. The first-order chi connectivity index (χ1) is 18.1. The number of carboxylic acids is 2. The number of nitrogens with one attached hydrogen (secondary N) is 3. The van der Waals surface area contributed by atoms with E-state index >= 15 is 0 Å². The summed E-state index contributed by atoms with van der Waals surface area (Å²) in [6.07, 6.45) is 1.68. The minimum Gasteiger partial charge on any atom is -0.481 e. The second-order valence-corrected chi connectivity index (χ2v) is 8.27. The molecule has 0 aliphatic rings. The molecular weight excluding hydrogens is 488 g/mol. The Morgan fingerprint density at radius 1 is 0.868 bits per heavy atom. The second kappa shape index (κ2) is 12.1. The normalized spacial score (nSPS) is 10.3. The van der Waals surface area contributed by atoms with Crippen molar-refractivity contribution >= 4 is 41.4 Å². The fraction of sp³-hybridized carbons (Fsp3) is 0.107. The van der Waals surface area contributed by atoms with Crippen LogP contribution < -0.4 is 16.4 Å². The fourth-order valence-electron chi connectivity index (χ4n) is 3.68. The maximum atomic E-state index is 13.3. The van der Waals surface area contributed by atoms with Crippen LogP contribution in [0.5, 0.6) is 0 Å². The number of rotatable bonds is 11. The van der Waals surface area contributed by atoms with Crippen LogP contribution in [0.15, 0.2) is 67.2 Å². The number of aliphatic carboxylic acids is 1. The van der Waals surface area contributed by atoms with Crippen molar-refractivity contribution in [2.24, 2.45) is 5.73 Å². The molecule has 10 heteroatoms. The summed E-state index contributed by atoms with van der Waals surface area (Å²) < 4.78 is 0. The number of nitrogen functional groups attached to an aromatic ring is 1. The number of anilines is 1. The third kappa shape index (κ3) is 6.70. The van der Waals surface area contributed by atoms with Gasteiger partial charge in [-0.15, -0.1) is 0 Å². The number of amides is 2. The highest BCUT2D eigenvalue weighted by molar-refractivity contribution is 6.11. The number of nitrogens with two attached hydrogens (primary N) is 1. The van der Waals surface area contributed by atoms with E-state index in [9.17, 15) is 24.3 Å². The third-order valence-electron chi connectivity index (χ3n) is 5.63. The van der Waals surface area contributed by atoms with Crippen LogP contribution >= 0.6 is 0 Å². The van der Waals surface area contributed by atoms with Gasteiger partial charge in [0.15, 0.2) is 0 Å². The standard InChI is InChI=1S/C28H26N4O6/c1-2-16-5-11-20(22(14-16)27(36)32-19-9-6-17(7-10-19)25(29)30)21-12-8-18(15-23(21)28(37)38)26(35)31-13-3-4-24(33)34/h2,5-12,14-15H,1,3-4,13H2,(H3,29,30)(H,31,35)(H,32,36)(H,33,34)(H,37,38). The van der Waals surface area contributed by atoms with Gasteiger partial charge in [-0.1, -0.05) is 30.9 Å². The van der Waals surface area contributed by atoms with Crippen LogP contribution in [0.4, 0.5) is 5.69 Å². The summed E-state index contributed by atoms with van der Waals surface area (Å²) in [5.74, 6) is -3.43. The maximum absolute atomic E-state index is 13.3. The molecular formula is C28H26N4O6. The molecule has 0 saturated heterocycles. The number of amidine groups is 1. The molecule has 2 amide bonds. The van der Waals surface area contributed by atoms with Gasteiger partial charge in [0.05, 0.1) is 5.56 Å². The van der Waals surface area contributed by atoms with E-state index in [1.54, 1.807) is 48.5 Å². The topological polar surface area (TPSA) is 183 Å². The first-order valence-corrected chi connectivity index (χ1v) is 11.5. The number of carbonyl (C=O) groups excluding carboxylic acids is 2. The molecule has 3 aromatic carbocycles. The van der Waals surface area contributed by atoms with E-state index < -0.39 is 23.8 Å². The molecule has 0 atom stereocenters. The Kier molecular flexibility index (Phi) is 8.73. The van der Waals surface area contributed by atoms with Gasteiger partial charge in [0.25, 0.3) is 11.8 Å². The Morgan fingerprint density at radius 2 is 1.50 bits per heavy atom. The fourth-order valence-corrected chi connectivity index (χ4v) is 3.68. The van der Waals surface area contributed by atoms with Crippen molar-refractivity contribution in [3.63, 3.8) is 0 Å². The predicted molar refractivity (Wildman–Crippen MR) is 144 cm³/mol. The van der Waals surface area contributed by atoms with E-state index in [2.05, 4.69) is 17.2 Å². The Labute approximate surface area is 218 Å². The molecule has 0 unspecified atom stereocenters. The smallest absolute Gasteiger partial charge is 0.336 e. The Morgan fingerprint density at radius 3 is 2.11 bits per heavy atom. The van der Waals surface area contributed by atoms with E-state index in [0.29, 0.717) is 22.4 Å². The van der Waals surface area contributed by atoms with E-state index in [-0.39, 0.29) is 47.5 Å². The summed E-state index contributed by atoms with van der Waals surface area (Å²) >= 11 is 0. The number of benzene rings is 3. The van der Waals surface area contributed by atoms with Crippen molar-refractivity contribution in [2.45, 2.75) is 12.8 Å². The lowest BCUT2D eigenvalue weighted by Gasteiger charge is -2.15. The first kappa shape index (κ1) is 27.3. The minimum atomic E-state index is -1.29. The molecule has 194 valence electrons. The Balaban J connectivity index is 1.95. The van der Waals surface area contributed by atoms with E-state index in [0.717, 1.165) is 0 Å². The minimum absolute atomic E-state index is 0.0840. The molecule has 0 fully saturated rings. The Bertz CT molecular complexity index is 1430. The van der Waals surface area contributed by atoms with Gasteiger partial charge in [0.2, 0.25) is 0 Å². The highest BCUT2D eigenvalue weighted by Gasteiger charge is 2.21. The monoisotopic (exact) mass is 514 g/mol. The van der Waals surface area contributed by atoms with Gasteiger partial charge in [-0.3, -0.25) is 19.8 Å². The molecule has 0 heterocycles. The molecule has 10 nitrogen and oxygen atoms in total. The van der Waals surface area contributed by atoms with Crippen molar-refractivity contribution in [1.82, 2.24) is 5.32 Å². The molecule has 0 bridgehead atoms. The molecule has 0 spiro atoms. The highest BCUT2D eigenvalue weighted by atomic mass is 16.4.